The number of rotatable bonds is 6. The first-order chi connectivity index (χ1) is 9.16. The second kappa shape index (κ2) is 5.97. The number of nitrogens with zero attached hydrogens (tertiary/aromatic N) is 2. The number of carboxylic acid groups (broad SMARTS) is 1. The van der Waals surface area contributed by atoms with Crippen molar-refractivity contribution in [3.05, 3.63) is 34.4 Å². The highest BCUT2D eigenvalue weighted by Gasteiger charge is 2.29. The van der Waals surface area contributed by atoms with Crippen LogP contribution in [-0.2, 0) is 14.8 Å². The van der Waals surface area contributed by atoms with Crippen molar-refractivity contribution in [3.63, 3.8) is 0 Å². The molecular weight excluding hydrogens is 288 g/mol. The minimum Gasteiger partial charge on any atom is -0.480 e. The zero-order valence-corrected chi connectivity index (χ0v) is 11.7. The van der Waals surface area contributed by atoms with Gasteiger partial charge in [-0.15, -0.1) is 0 Å². The van der Waals surface area contributed by atoms with E-state index in [4.69, 9.17) is 5.11 Å². The van der Waals surface area contributed by atoms with Gasteiger partial charge in [-0.1, -0.05) is 6.07 Å². The lowest BCUT2D eigenvalue weighted by Crippen LogP contribution is -2.40. The van der Waals surface area contributed by atoms with Crippen LogP contribution < -0.4 is 0 Å². The first kappa shape index (κ1) is 16.1. The largest absolute Gasteiger partial charge is 0.480 e. The third-order valence-corrected chi connectivity index (χ3v) is 4.52. The Bertz CT molecular complexity index is 626. The number of carboxylic acids is 1. The molecule has 0 radical (unpaired) electrons. The maximum Gasteiger partial charge on any atom is 0.318 e. The second-order valence-electron chi connectivity index (χ2n) is 4.29. The summed E-state index contributed by atoms with van der Waals surface area (Å²) >= 11 is 0. The summed E-state index contributed by atoms with van der Waals surface area (Å²) < 4.78 is 25.4. The van der Waals surface area contributed by atoms with E-state index in [0.29, 0.717) is 0 Å². The monoisotopic (exact) mass is 302 g/mol. The van der Waals surface area contributed by atoms with E-state index in [-0.39, 0.29) is 10.6 Å². The number of nitro groups is 1. The molecule has 0 unspecified atom stereocenters. The summed E-state index contributed by atoms with van der Waals surface area (Å²) in [5, 5.41) is 19.4. The highest BCUT2D eigenvalue weighted by molar-refractivity contribution is 7.89. The first-order valence-corrected chi connectivity index (χ1v) is 7.08. The molecule has 0 heterocycles. The molecule has 1 aromatic rings. The Hall–Kier alpha value is -2.00. The van der Waals surface area contributed by atoms with Crippen LogP contribution in [0.1, 0.15) is 13.8 Å². The zero-order valence-electron chi connectivity index (χ0n) is 10.9. The SMILES string of the molecule is CC(C)N(CC(=O)O)S(=O)(=O)c1cccc([N+](=O)[O-])c1. The summed E-state index contributed by atoms with van der Waals surface area (Å²) in [5.74, 6) is -1.30. The van der Waals surface area contributed by atoms with Gasteiger partial charge in [0.15, 0.2) is 0 Å². The van der Waals surface area contributed by atoms with Gasteiger partial charge in [0.05, 0.1) is 9.82 Å². The van der Waals surface area contributed by atoms with E-state index in [1.807, 2.05) is 0 Å². The van der Waals surface area contributed by atoms with Gasteiger partial charge in [0.25, 0.3) is 5.69 Å². The van der Waals surface area contributed by atoms with Gasteiger partial charge < -0.3 is 5.11 Å². The van der Waals surface area contributed by atoms with Crippen LogP contribution in [0.25, 0.3) is 0 Å². The summed E-state index contributed by atoms with van der Waals surface area (Å²) in [4.78, 5) is 20.4. The van der Waals surface area contributed by atoms with Crippen molar-refractivity contribution in [1.82, 2.24) is 4.31 Å². The van der Waals surface area contributed by atoms with Crippen molar-refractivity contribution in [2.24, 2.45) is 0 Å². The summed E-state index contributed by atoms with van der Waals surface area (Å²) in [6, 6.07) is 3.92. The molecular formula is C11H14N2O6S. The Morgan fingerprint density at radius 3 is 2.50 bits per heavy atom. The third kappa shape index (κ3) is 3.52. The molecule has 0 aromatic heterocycles. The van der Waals surface area contributed by atoms with Crippen molar-refractivity contribution in [3.8, 4) is 0 Å². The van der Waals surface area contributed by atoms with Crippen LogP contribution >= 0.6 is 0 Å². The first-order valence-electron chi connectivity index (χ1n) is 5.64. The van der Waals surface area contributed by atoms with Gasteiger partial charge in [0, 0.05) is 18.2 Å². The van der Waals surface area contributed by atoms with E-state index >= 15 is 0 Å². The molecule has 1 N–H and O–H groups in total. The topological polar surface area (TPSA) is 118 Å². The van der Waals surface area contributed by atoms with E-state index in [9.17, 15) is 23.3 Å². The molecule has 0 bridgehead atoms. The molecule has 0 saturated heterocycles. The molecule has 0 saturated carbocycles. The van der Waals surface area contributed by atoms with Gasteiger partial charge in [-0.05, 0) is 19.9 Å². The Labute approximate surface area is 115 Å². The fraction of sp³-hybridized carbons (Fsp3) is 0.364. The highest BCUT2D eigenvalue weighted by atomic mass is 32.2. The Kier molecular flexibility index (Phi) is 4.79. The van der Waals surface area contributed by atoms with Crippen LogP contribution in [0, 0.1) is 10.1 Å². The molecule has 9 heteroatoms. The quantitative estimate of drug-likeness (QED) is 0.620. The molecule has 0 aliphatic heterocycles. The maximum absolute atomic E-state index is 12.3. The molecule has 8 nitrogen and oxygen atoms in total. The van der Waals surface area contributed by atoms with E-state index in [1.165, 1.54) is 26.0 Å². The molecule has 20 heavy (non-hydrogen) atoms. The lowest BCUT2D eigenvalue weighted by atomic mass is 10.3. The van der Waals surface area contributed by atoms with Gasteiger partial charge >= 0.3 is 5.97 Å². The molecule has 0 spiro atoms. The number of nitro benzene ring substituents is 1. The number of benzene rings is 1. The van der Waals surface area contributed by atoms with Crippen LogP contribution in [0.3, 0.4) is 0 Å². The maximum atomic E-state index is 12.3. The van der Waals surface area contributed by atoms with Crippen LogP contribution in [0.15, 0.2) is 29.2 Å². The number of sulfonamides is 1. The van der Waals surface area contributed by atoms with E-state index < -0.39 is 33.5 Å². The second-order valence-corrected chi connectivity index (χ2v) is 6.18. The summed E-state index contributed by atoms with van der Waals surface area (Å²) in [6.45, 7) is 2.35. The smallest absolute Gasteiger partial charge is 0.318 e. The van der Waals surface area contributed by atoms with Gasteiger partial charge in [0.1, 0.15) is 6.54 Å². The Morgan fingerprint density at radius 1 is 1.45 bits per heavy atom. The molecule has 110 valence electrons. The zero-order chi connectivity index (χ0) is 15.5. The molecule has 0 aliphatic carbocycles. The molecule has 0 atom stereocenters. The lowest BCUT2D eigenvalue weighted by Gasteiger charge is -2.23. The van der Waals surface area contributed by atoms with E-state index in [1.54, 1.807) is 0 Å². The highest BCUT2D eigenvalue weighted by Crippen LogP contribution is 2.22. The number of non-ortho nitro benzene ring substituents is 1. The third-order valence-electron chi connectivity index (χ3n) is 2.50. The normalized spacial score (nSPS) is 11.8. The van der Waals surface area contributed by atoms with Crippen molar-refractivity contribution in [1.29, 1.82) is 0 Å². The predicted molar refractivity (Wildman–Crippen MR) is 69.8 cm³/mol. The minimum absolute atomic E-state index is 0.304. The molecule has 0 amide bonds. The summed E-state index contributed by atoms with van der Waals surface area (Å²) in [7, 11) is -4.10. The van der Waals surface area contributed by atoms with Crippen molar-refractivity contribution in [2.75, 3.05) is 6.54 Å². The van der Waals surface area contributed by atoms with Gasteiger partial charge in [-0.3, -0.25) is 14.9 Å². The van der Waals surface area contributed by atoms with Crippen LogP contribution in [0.2, 0.25) is 0 Å². The van der Waals surface area contributed by atoms with Gasteiger partial charge in [0.2, 0.25) is 10.0 Å². The van der Waals surface area contributed by atoms with Crippen LogP contribution in [-0.4, -0.2) is 41.3 Å². The number of hydrogen-bond acceptors (Lipinski definition) is 5. The average Bonchev–Trinajstić information content (AvgIpc) is 2.35. The van der Waals surface area contributed by atoms with Crippen molar-refractivity contribution >= 4 is 21.7 Å². The number of carbonyl (C=O) groups is 1. The van der Waals surface area contributed by atoms with E-state index in [2.05, 4.69) is 0 Å². The minimum atomic E-state index is -4.10. The molecule has 1 rings (SSSR count). The van der Waals surface area contributed by atoms with E-state index in [0.717, 1.165) is 16.4 Å². The summed E-state index contributed by atoms with van der Waals surface area (Å²) in [5.41, 5.74) is -0.370. The number of aliphatic carboxylic acids is 1. The lowest BCUT2D eigenvalue weighted by molar-refractivity contribution is -0.385. The Balaban J connectivity index is 3.29. The molecule has 0 fully saturated rings. The standard InChI is InChI=1S/C11H14N2O6S/c1-8(2)12(7-11(14)15)20(18,19)10-5-3-4-9(6-10)13(16)17/h3-6,8H,7H2,1-2H3,(H,14,15). The van der Waals surface area contributed by atoms with Crippen LogP contribution in [0.5, 0.6) is 0 Å². The predicted octanol–water partition coefficient (Wildman–Crippen LogP) is 1.08. The number of hydrogen-bond donors (Lipinski definition) is 1. The average molecular weight is 302 g/mol. The van der Waals surface area contributed by atoms with Gasteiger partial charge in [-0.25, -0.2) is 8.42 Å². The Morgan fingerprint density at radius 2 is 2.05 bits per heavy atom. The molecule has 0 aliphatic rings. The fourth-order valence-corrected chi connectivity index (χ4v) is 3.20. The fourth-order valence-electron chi connectivity index (χ4n) is 1.57. The van der Waals surface area contributed by atoms with Crippen LogP contribution in [0.4, 0.5) is 5.69 Å². The van der Waals surface area contributed by atoms with Gasteiger partial charge in [-0.2, -0.15) is 4.31 Å². The van der Waals surface area contributed by atoms with Crippen molar-refractivity contribution < 1.29 is 23.2 Å². The van der Waals surface area contributed by atoms with Crippen molar-refractivity contribution in [2.45, 2.75) is 24.8 Å². The summed E-state index contributed by atoms with van der Waals surface area (Å²) in [6.07, 6.45) is 0. The molecule has 1 aromatic carbocycles.